The van der Waals surface area contributed by atoms with E-state index in [1.165, 1.54) is 23.3 Å². The lowest BCUT2D eigenvalue weighted by Crippen LogP contribution is -2.39. The molecule has 6 heteroatoms. The number of rotatable bonds is 8. The molecule has 1 saturated heterocycles. The number of morpholine rings is 1. The number of hydrogen-bond donors (Lipinski definition) is 0. The zero-order valence-electron chi connectivity index (χ0n) is 18.7. The second kappa shape index (κ2) is 10.6. The number of aryl methyl sites for hydroxylation is 1. The van der Waals surface area contributed by atoms with Crippen LogP contribution in [0.15, 0.2) is 66.2 Å². The maximum atomic E-state index is 13.3. The highest BCUT2D eigenvalue weighted by Gasteiger charge is 2.24. The predicted octanol–water partition coefficient (Wildman–Crippen LogP) is 4.66. The van der Waals surface area contributed by atoms with Crippen LogP contribution in [0.4, 0.5) is 4.39 Å². The van der Waals surface area contributed by atoms with E-state index in [1.54, 1.807) is 12.1 Å². The Morgan fingerprint density at radius 2 is 2.03 bits per heavy atom. The quantitative estimate of drug-likeness (QED) is 0.516. The van der Waals surface area contributed by atoms with Crippen LogP contribution in [0.25, 0.3) is 6.08 Å². The summed E-state index contributed by atoms with van der Waals surface area (Å²) in [6, 6.07) is 18.7. The molecule has 5 nitrogen and oxygen atoms in total. The molecule has 0 spiro atoms. The average Bonchev–Trinajstić information content (AvgIpc) is 3.15. The maximum absolute atomic E-state index is 13.3. The Morgan fingerprint density at radius 3 is 2.84 bits per heavy atom. The van der Waals surface area contributed by atoms with Gasteiger partial charge in [0.25, 0.3) is 0 Å². The first kappa shape index (κ1) is 22.2. The van der Waals surface area contributed by atoms with E-state index in [1.807, 2.05) is 17.8 Å². The summed E-state index contributed by atoms with van der Waals surface area (Å²) in [5.41, 5.74) is 4.57. The standard InChI is InChI=1S/C26H30FN3O2/c1-20(15-21-7-4-3-5-8-21)18-30-12-14-32-26(19-30)25-17-23(29(2)28-25)11-13-31-24-10-6-9-22(27)16-24/h3-10,15-17,26H,11-14,18-19H2,1-2H3/b20-15+/t26-/m1/s1. The number of halogens is 1. The smallest absolute Gasteiger partial charge is 0.126 e. The van der Waals surface area contributed by atoms with E-state index in [2.05, 4.69) is 48.2 Å². The topological polar surface area (TPSA) is 39.5 Å². The number of nitrogens with zero attached hydrogens (tertiary/aromatic N) is 3. The van der Waals surface area contributed by atoms with Crippen LogP contribution in [0.5, 0.6) is 5.75 Å². The van der Waals surface area contributed by atoms with E-state index in [4.69, 9.17) is 14.6 Å². The molecule has 1 aliphatic rings. The summed E-state index contributed by atoms with van der Waals surface area (Å²) in [6.45, 7) is 5.97. The number of ether oxygens (including phenoxy) is 2. The lowest BCUT2D eigenvalue weighted by molar-refractivity contribution is -0.0291. The van der Waals surface area contributed by atoms with Gasteiger partial charge in [-0.3, -0.25) is 9.58 Å². The molecule has 2 aromatic carbocycles. The number of hydrogen-bond acceptors (Lipinski definition) is 4. The van der Waals surface area contributed by atoms with Gasteiger partial charge >= 0.3 is 0 Å². The summed E-state index contributed by atoms with van der Waals surface area (Å²) < 4.78 is 26.9. The molecule has 0 N–H and O–H groups in total. The lowest BCUT2D eigenvalue weighted by Gasteiger charge is -2.32. The van der Waals surface area contributed by atoms with Crippen LogP contribution in [0, 0.1) is 5.82 Å². The summed E-state index contributed by atoms with van der Waals surface area (Å²) in [5.74, 6) is 0.246. The van der Waals surface area contributed by atoms with E-state index >= 15 is 0 Å². The van der Waals surface area contributed by atoms with Crippen LogP contribution in [0.1, 0.15) is 30.0 Å². The fourth-order valence-corrected chi connectivity index (χ4v) is 4.01. The molecule has 0 saturated carbocycles. The second-order valence-corrected chi connectivity index (χ2v) is 8.24. The number of benzene rings is 2. The van der Waals surface area contributed by atoms with Crippen LogP contribution in [-0.2, 0) is 18.2 Å². The van der Waals surface area contributed by atoms with Crippen LogP contribution in [-0.4, -0.2) is 47.5 Å². The minimum atomic E-state index is -0.293. The lowest BCUT2D eigenvalue weighted by atomic mass is 10.1. The fourth-order valence-electron chi connectivity index (χ4n) is 4.01. The van der Waals surface area contributed by atoms with Crippen LogP contribution >= 0.6 is 0 Å². The normalized spacial score (nSPS) is 17.5. The third-order valence-electron chi connectivity index (χ3n) is 5.58. The molecule has 0 radical (unpaired) electrons. The maximum Gasteiger partial charge on any atom is 0.126 e. The van der Waals surface area contributed by atoms with Crippen molar-refractivity contribution in [3.8, 4) is 5.75 Å². The van der Waals surface area contributed by atoms with Crippen molar-refractivity contribution < 1.29 is 13.9 Å². The van der Waals surface area contributed by atoms with Gasteiger partial charge in [0, 0.05) is 44.9 Å². The van der Waals surface area contributed by atoms with E-state index in [9.17, 15) is 4.39 Å². The van der Waals surface area contributed by atoms with Gasteiger partial charge in [0.15, 0.2) is 0 Å². The van der Waals surface area contributed by atoms with Gasteiger partial charge in [0.1, 0.15) is 17.7 Å². The van der Waals surface area contributed by atoms with Crippen LogP contribution in [0.2, 0.25) is 0 Å². The summed E-state index contributed by atoms with van der Waals surface area (Å²) >= 11 is 0. The van der Waals surface area contributed by atoms with Crippen molar-refractivity contribution >= 4 is 6.08 Å². The fraction of sp³-hybridized carbons (Fsp3) is 0.346. The van der Waals surface area contributed by atoms with Crippen molar-refractivity contribution in [3.05, 3.63) is 89.0 Å². The first-order valence-electron chi connectivity index (χ1n) is 11.0. The van der Waals surface area contributed by atoms with Gasteiger partial charge in [-0.2, -0.15) is 5.10 Å². The molecule has 168 valence electrons. The highest BCUT2D eigenvalue weighted by atomic mass is 19.1. The van der Waals surface area contributed by atoms with Crippen molar-refractivity contribution in [2.24, 2.45) is 7.05 Å². The molecule has 2 heterocycles. The Hall–Kier alpha value is -2.96. The van der Waals surface area contributed by atoms with Crippen molar-refractivity contribution in [2.75, 3.05) is 32.8 Å². The van der Waals surface area contributed by atoms with Crippen molar-refractivity contribution in [2.45, 2.75) is 19.4 Å². The van der Waals surface area contributed by atoms with Gasteiger partial charge in [0.2, 0.25) is 0 Å². The van der Waals surface area contributed by atoms with Gasteiger partial charge in [-0.15, -0.1) is 0 Å². The van der Waals surface area contributed by atoms with E-state index < -0.39 is 0 Å². The molecule has 1 aromatic heterocycles. The largest absolute Gasteiger partial charge is 0.493 e. The Morgan fingerprint density at radius 1 is 1.19 bits per heavy atom. The minimum absolute atomic E-state index is 0.0441. The van der Waals surface area contributed by atoms with Crippen molar-refractivity contribution in [1.82, 2.24) is 14.7 Å². The van der Waals surface area contributed by atoms with Crippen molar-refractivity contribution in [1.29, 1.82) is 0 Å². The second-order valence-electron chi connectivity index (χ2n) is 8.24. The summed E-state index contributed by atoms with van der Waals surface area (Å²) in [5, 5.41) is 4.69. The molecule has 1 aliphatic heterocycles. The highest BCUT2D eigenvalue weighted by molar-refractivity contribution is 5.52. The van der Waals surface area contributed by atoms with Gasteiger partial charge in [-0.05, 0) is 30.7 Å². The van der Waals surface area contributed by atoms with Crippen LogP contribution in [0.3, 0.4) is 0 Å². The van der Waals surface area contributed by atoms with Gasteiger partial charge < -0.3 is 9.47 Å². The van der Waals surface area contributed by atoms with Gasteiger partial charge in [-0.1, -0.05) is 48.0 Å². The molecular weight excluding hydrogens is 405 g/mol. The van der Waals surface area contributed by atoms with Gasteiger partial charge in [-0.25, -0.2) is 4.39 Å². The third kappa shape index (κ3) is 6.05. The number of aromatic nitrogens is 2. The van der Waals surface area contributed by atoms with Crippen molar-refractivity contribution in [3.63, 3.8) is 0 Å². The Labute approximate surface area is 189 Å². The molecule has 0 amide bonds. The molecular formula is C26H30FN3O2. The predicted molar refractivity (Wildman–Crippen MR) is 124 cm³/mol. The molecule has 3 aromatic rings. The summed E-state index contributed by atoms with van der Waals surface area (Å²) in [4.78, 5) is 2.42. The molecule has 1 fully saturated rings. The zero-order valence-corrected chi connectivity index (χ0v) is 18.7. The molecule has 1 atom stereocenters. The SMILES string of the molecule is C/C(=C\c1ccccc1)CN1CCO[C@@H](c2cc(CCOc3cccc(F)c3)n(C)n2)C1. The van der Waals surface area contributed by atoms with E-state index in [-0.39, 0.29) is 11.9 Å². The average molecular weight is 436 g/mol. The van der Waals surface area contributed by atoms with E-state index in [0.29, 0.717) is 25.4 Å². The third-order valence-corrected chi connectivity index (χ3v) is 5.58. The monoisotopic (exact) mass is 435 g/mol. The van der Waals surface area contributed by atoms with E-state index in [0.717, 1.165) is 31.0 Å². The van der Waals surface area contributed by atoms with Crippen LogP contribution < -0.4 is 4.74 Å². The first-order valence-corrected chi connectivity index (χ1v) is 11.0. The first-order chi connectivity index (χ1) is 15.6. The Bertz CT molecular complexity index is 1050. The summed E-state index contributed by atoms with van der Waals surface area (Å²) in [6.07, 6.45) is 2.88. The molecule has 0 aliphatic carbocycles. The Balaban J connectivity index is 1.32. The molecule has 0 bridgehead atoms. The molecule has 0 unspecified atom stereocenters. The molecule has 4 rings (SSSR count). The highest BCUT2D eigenvalue weighted by Crippen LogP contribution is 2.23. The van der Waals surface area contributed by atoms with Gasteiger partial charge in [0.05, 0.1) is 18.9 Å². The molecule has 32 heavy (non-hydrogen) atoms. The minimum Gasteiger partial charge on any atom is -0.493 e. The summed E-state index contributed by atoms with van der Waals surface area (Å²) in [7, 11) is 1.94. The zero-order chi connectivity index (χ0) is 22.3. The Kier molecular flexibility index (Phi) is 7.35.